The molecule has 1 amide bonds. The maximum absolute atomic E-state index is 11.0. The molecule has 0 saturated carbocycles. The molecule has 0 aliphatic rings. The second-order valence-corrected chi connectivity index (χ2v) is 4.96. The van der Waals surface area contributed by atoms with Crippen LogP contribution in [0.5, 0.6) is 5.75 Å². The van der Waals surface area contributed by atoms with E-state index in [1.807, 2.05) is 18.2 Å². The molecule has 0 radical (unpaired) electrons. The van der Waals surface area contributed by atoms with Crippen molar-refractivity contribution in [3.05, 3.63) is 33.1 Å². The average Bonchev–Trinajstić information content (AvgIpc) is 2.78. The number of carbonyl (C=O) groups excluding carboxylic acids is 1. The van der Waals surface area contributed by atoms with E-state index in [1.165, 1.54) is 11.3 Å². The molecule has 0 fully saturated rings. The molecule has 0 aliphatic carbocycles. The van der Waals surface area contributed by atoms with Crippen molar-refractivity contribution in [1.82, 2.24) is 4.98 Å². The first-order chi connectivity index (χ1) is 8.11. The molecular weight excluding hydrogens is 304 g/mol. The molecule has 2 aromatic rings. The summed E-state index contributed by atoms with van der Waals surface area (Å²) in [5.74, 6) is 0.243. The summed E-state index contributed by atoms with van der Waals surface area (Å²) in [6.45, 7) is 0. The van der Waals surface area contributed by atoms with Crippen molar-refractivity contribution in [3.8, 4) is 17.0 Å². The third-order valence-electron chi connectivity index (χ3n) is 2.16. The Hall–Kier alpha value is -1.40. The molecule has 2 rings (SSSR count). The molecule has 0 aliphatic heterocycles. The number of nitrogens with zero attached hydrogens (tertiary/aromatic N) is 1. The number of rotatable bonds is 3. The molecule has 4 nitrogen and oxygen atoms in total. The van der Waals surface area contributed by atoms with Crippen molar-refractivity contribution in [3.63, 3.8) is 0 Å². The number of thiazole rings is 1. The van der Waals surface area contributed by atoms with E-state index < -0.39 is 5.91 Å². The molecule has 17 heavy (non-hydrogen) atoms. The van der Waals surface area contributed by atoms with E-state index in [-0.39, 0.29) is 0 Å². The Balaban J connectivity index is 2.39. The van der Waals surface area contributed by atoms with Crippen LogP contribution >= 0.6 is 27.3 Å². The van der Waals surface area contributed by atoms with E-state index >= 15 is 0 Å². The molecule has 1 heterocycles. The van der Waals surface area contributed by atoms with Gasteiger partial charge in [-0.05, 0) is 34.1 Å². The molecular formula is C11H9BrN2O2S. The number of primary amides is 1. The van der Waals surface area contributed by atoms with Gasteiger partial charge in [0, 0.05) is 10.9 Å². The number of aromatic nitrogens is 1. The van der Waals surface area contributed by atoms with Crippen molar-refractivity contribution >= 4 is 33.2 Å². The predicted octanol–water partition coefficient (Wildman–Crippen LogP) is 2.68. The number of hydrogen-bond donors (Lipinski definition) is 1. The lowest BCUT2D eigenvalue weighted by molar-refractivity contribution is 0.1000. The summed E-state index contributed by atoms with van der Waals surface area (Å²) >= 11 is 4.64. The maximum Gasteiger partial charge on any atom is 0.277 e. The largest absolute Gasteiger partial charge is 0.496 e. The van der Waals surface area contributed by atoms with Crippen LogP contribution in [0.2, 0.25) is 0 Å². The van der Waals surface area contributed by atoms with Crippen molar-refractivity contribution in [2.75, 3.05) is 7.11 Å². The molecule has 0 unspecified atom stereocenters. The summed E-state index contributed by atoms with van der Waals surface area (Å²) in [7, 11) is 1.60. The summed E-state index contributed by atoms with van der Waals surface area (Å²) in [6.07, 6.45) is 0. The van der Waals surface area contributed by atoms with Crippen LogP contribution in [-0.4, -0.2) is 18.0 Å². The fraction of sp³-hybridized carbons (Fsp3) is 0.0909. The van der Waals surface area contributed by atoms with Crippen molar-refractivity contribution in [2.24, 2.45) is 5.73 Å². The van der Waals surface area contributed by atoms with Crippen molar-refractivity contribution in [2.45, 2.75) is 0 Å². The number of nitrogens with two attached hydrogens (primary N) is 1. The van der Waals surface area contributed by atoms with Gasteiger partial charge in [-0.15, -0.1) is 11.3 Å². The van der Waals surface area contributed by atoms with Crippen LogP contribution in [0.1, 0.15) is 9.80 Å². The first-order valence-corrected chi connectivity index (χ1v) is 6.38. The second kappa shape index (κ2) is 4.85. The van der Waals surface area contributed by atoms with E-state index in [9.17, 15) is 4.79 Å². The van der Waals surface area contributed by atoms with E-state index in [1.54, 1.807) is 12.5 Å². The molecule has 6 heteroatoms. The van der Waals surface area contributed by atoms with Crippen LogP contribution in [-0.2, 0) is 0 Å². The van der Waals surface area contributed by atoms with Gasteiger partial charge in [0.2, 0.25) is 0 Å². The van der Waals surface area contributed by atoms with Crippen LogP contribution in [0, 0.1) is 0 Å². The molecule has 0 atom stereocenters. The Kier molecular flexibility index (Phi) is 3.44. The Labute approximate surface area is 111 Å². The third-order valence-corrected chi connectivity index (χ3v) is 3.64. The van der Waals surface area contributed by atoms with Crippen LogP contribution in [0.3, 0.4) is 0 Å². The SMILES string of the molecule is COc1ccc(-c2csc(C(N)=O)n2)cc1Br. The number of halogens is 1. The second-order valence-electron chi connectivity index (χ2n) is 3.25. The summed E-state index contributed by atoms with van der Waals surface area (Å²) in [5.41, 5.74) is 6.79. The first kappa shape index (κ1) is 12.1. The van der Waals surface area contributed by atoms with Gasteiger partial charge in [-0.1, -0.05) is 0 Å². The van der Waals surface area contributed by atoms with Gasteiger partial charge < -0.3 is 10.5 Å². The zero-order valence-electron chi connectivity index (χ0n) is 8.94. The molecule has 0 spiro atoms. The Morgan fingerprint density at radius 1 is 1.53 bits per heavy atom. The average molecular weight is 313 g/mol. The number of amides is 1. The van der Waals surface area contributed by atoms with Crippen LogP contribution < -0.4 is 10.5 Å². The molecule has 2 N–H and O–H groups in total. The van der Waals surface area contributed by atoms with Gasteiger partial charge in [-0.2, -0.15) is 0 Å². The summed E-state index contributed by atoms with van der Waals surface area (Å²) in [4.78, 5) is 15.1. The van der Waals surface area contributed by atoms with Gasteiger partial charge in [0.05, 0.1) is 17.3 Å². The molecule has 1 aromatic carbocycles. The Bertz CT molecular complexity index is 568. The Morgan fingerprint density at radius 3 is 2.82 bits per heavy atom. The highest BCUT2D eigenvalue weighted by molar-refractivity contribution is 9.10. The van der Waals surface area contributed by atoms with E-state index in [0.29, 0.717) is 5.01 Å². The number of hydrogen-bond acceptors (Lipinski definition) is 4. The lowest BCUT2D eigenvalue weighted by atomic mass is 10.2. The third kappa shape index (κ3) is 2.48. The van der Waals surface area contributed by atoms with E-state index in [2.05, 4.69) is 20.9 Å². The van der Waals surface area contributed by atoms with Gasteiger partial charge in [0.25, 0.3) is 5.91 Å². The highest BCUT2D eigenvalue weighted by Gasteiger charge is 2.10. The topological polar surface area (TPSA) is 65.2 Å². The molecule has 88 valence electrons. The fourth-order valence-corrected chi connectivity index (χ4v) is 2.57. The van der Waals surface area contributed by atoms with Gasteiger partial charge in [0.15, 0.2) is 5.01 Å². The quantitative estimate of drug-likeness (QED) is 0.947. The molecule has 0 bridgehead atoms. The van der Waals surface area contributed by atoms with Crippen LogP contribution in [0.25, 0.3) is 11.3 Å². The lowest BCUT2D eigenvalue weighted by Gasteiger charge is -2.04. The van der Waals surface area contributed by atoms with Gasteiger partial charge in [0.1, 0.15) is 5.75 Å². The summed E-state index contributed by atoms with van der Waals surface area (Å²) < 4.78 is 5.98. The van der Waals surface area contributed by atoms with Crippen LogP contribution in [0.4, 0.5) is 0 Å². The smallest absolute Gasteiger partial charge is 0.277 e. The summed E-state index contributed by atoms with van der Waals surface area (Å²) in [6, 6.07) is 5.60. The first-order valence-electron chi connectivity index (χ1n) is 4.71. The van der Waals surface area contributed by atoms with Crippen molar-refractivity contribution < 1.29 is 9.53 Å². The van der Waals surface area contributed by atoms with Gasteiger partial charge >= 0.3 is 0 Å². The van der Waals surface area contributed by atoms with Crippen LogP contribution in [0.15, 0.2) is 28.1 Å². The number of ether oxygens (including phenoxy) is 1. The monoisotopic (exact) mass is 312 g/mol. The highest BCUT2D eigenvalue weighted by atomic mass is 79.9. The minimum absolute atomic E-state index is 0.312. The summed E-state index contributed by atoms with van der Waals surface area (Å²) in [5, 5.41) is 2.11. The fourth-order valence-electron chi connectivity index (χ4n) is 1.35. The Morgan fingerprint density at radius 2 is 2.29 bits per heavy atom. The van der Waals surface area contributed by atoms with Gasteiger partial charge in [-0.3, -0.25) is 4.79 Å². The highest BCUT2D eigenvalue weighted by Crippen LogP contribution is 2.30. The maximum atomic E-state index is 11.0. The molecule has 1 aromatic heterocycles. The van der Waals surface area contributed by atoms with E-state index in [4.69, 9.17) is 10.5 Å². The zero-order chi connectivity index (χ0) is 12.4. The van der Waals surface area contributed by atoms with Gasteiger partial charge in [-0.25, -0.2) is 4.98 Å². The number of benzene rings is 1. The number of carbonyl (C=O) groups is 1. The normalized spacial score (nSPS) is 10.2. The minimum atomic E-state index is -0.506. The standard InChI is InChI=1S/C11H9BrN2O2S/c1-16-9-3-2-6(4-7(9)12)8-5-17-11(14-8)10(13)15/h2-5H,1H3,(H2,13,15). The minimum Gasteiger partial charge on any atom is -0.496 e. The zero-order valence-corrected chi connectivity index (χ0v) is 11.3. The predicted molar refractivity (Wildman–Crippen MR) is 70.3 cm³/mol. The number of methoxy groups -OCH3 is 1. The molecule has 0 saturated heterocycles. The van der Waals surface area contributed by atoms with Crippen molar-refractivity contribution in [1.29, 1.82) is 0 Å². The van der Waals surface area contributed by atoms with E-state index in [0.717, 1.165) is 21.5 Å². The lowest BCUT2D eigenvalue weighted by Crippen LogP contribution is -2.10.